The number of nitrogens with zero attached hydrogens (tertiary/aromatic N) is 1. The molecule has 110 valence electrons. The Morgan fingerprint density at radius 1 is 0.952 bits per heavy atom. The third kappa shape index (κ3) is 2.36. The van der Waals surface area contributed by atoms with E-state index in [0.717, 1.165) is 22.1 Å². The van der Waals surface area contributed by atoms with Crippen LogP contribution < -0.4 is 5.46 Å². The fourth-order valence-electron chi connectivity index (χ4n) is 2.67. The highest BCUT2D eigenvalue weighted by molar-refractivity contribution is 6.65. The van der Waals surface area contributed by atoms with Crippen LogP contribution in [0.2, 0.25) is 0 Å². The lowest BCUT2D eigenvalue weighted by molar-refractivity contribution is 0.00578. The van der Waals surface area contributed by atoms with Crippen molar-refractivity contribution in [1.82, 2.24) is 4.98 Å². The monoisotopic (exact) mass is 283 g/mol. The van der Waals surface area contributed by atoms with Gasteiger partial charge >= 0.3 is 7.12 Å². The molecule has 3 rings (SSSR count). The number of hydrogen-bond acceptors (Lipinski definition) is 3. The average Bonchev–Trinajstić information content (AvgIpc) is 2.56. The lowest BCUT2D eigenvalue weighted by atomic mass is 9.76. The Labute approximate surface area is 126 Å². The van der Waals surface area contributed by atoms with Crippen molar-refractivity contribution >= 4 is 23.5 Å². The molecular formula is C17H22BNO2. The van der Waals surface area contributed by atoms with Gasteiger partial charge in [-0.2, -0.15) is 0 Å². The molecule has 2 aromatic rings. The topological polar surface area (TPSA) is 31.4 Å². The number of rotatable bonds is 1. The summed E-state index contributed by atoms with van der Waals surface area (Å²) in [5.74, 6) is 0. The number of benzene rings is 1. The molecule has 4 heteroatoms. The summed E-state index contributed by atoms with van der Waals surface area (Å²) < 4.78 is 12.4. The second-order valence-electron chi connectivity index (χ2n) is 6.96. The van der Waals surface area contributed by atoms with Gasteiger partial charge in [-0.05, 0) is 70.1 Å². The van der Waals surface area contributed by atoms with E-state index in [9.17, 15) is 0 Å². The number of fused-ring (bicyclic) bond motifs is 1. The van der Waals surface area contributed by atoms with Crippen LogP contribution in [0.3, 0.4) is 0 Å². The van der Waals surface area contributed by atoms with E-state index < -0.39 is 0 Å². The van der Waals surface area contributed by atoms with E-state index in [0.29, 0.717) is 0 Å². The Kier molecular flexibility index (Phi) is 3.15. The maximum Gasteiger partial charge on any atom is 0.495 e. The Morgan fingerprint density at radius 2 is 1.57 bits per heavy atom. The second kappa shape index (κ2) is 4.55. The molecule has 1 saturated heterocycles. The van der Waals surface area contributed by atoms with E-state index >= 15 is 0 Å². The minimum absolute atomic E-state index is 0.328. The smallest absolute Gasteiger partial charge is 0.399 e. The number of pyridine rings is 1. The molecule has 1 aromatic heterocycles. The van der Waals surface area contributed by atoms with Gasteiger partial charge in [0.1, 0.15) is 0 Å². The standard InChI is InChI=1S/C17H22BNO2/c1-11-7-8-13-14(10-12(2)19-15(13)9-11)18-20-16(3,4)17(5,6)21-18/h7-10H,1-6H3. The SMILES string of the molecule is Cc1ccc2c(B3OC(C)(C)C(C)(C)O3)cc(C)nc2c1. The van der Waals surface area contributed by atoms with Crippen LogP contribution in [-0.4, -0.2) is 23.3 Å². The lowest BCUT2D eigenvalue weighted by Gasteiger charge is -2.32. The van der Waals surface area contributed by atoms with Crippen LogP contribution in [0.1, 0.15) is 39.0 Å². The van der Waals surface area contributed by atoms with Gasteiger partial charge in [0, 0.05) is 5.69 Å². The van der Waals surface area contributed by atoms with Crippen molar-refractivity contribution in [3.05, 3.63) is 35.5 Å². The third-order valence-corrected chi connectivity index (χ3v) is 4.63. The highest BCUT2D eigenvalue weighted by Gasteiger charge is 2.52. The average molecular weight is 283 g/mol. The summed E-state index contributed by atoms with van der Waals surface area (Å²) >= 11 is 0. The van der Waals surface area contributed by atoms with Crippen molar-refractivity contribution in [2.24, 2.45) is 0 Å². The molecule has 1 aliphatic rings. The van der Waals surface area contributed by atoms with Gasteiger partial charge in [0.15, 0.2) is 0 Å². The number of aromatic nitrogens is 1. The van der Waals surface area contributed by atoms with Crippen LogP contribution in [0.15, 0.2) is 24.3 Å². The minimum atomic E-state index is -0.345. The van der Waals surface area contributed by atoms with Gasteiger partial charge in [0.25, 0.3) is 0 Å². The molecule has 3 nitrogen and oxygen atoms in total. The largest absolute Gasteiger partial charge is 0.495 e. The van der Waals surface area contributed by atoms with Crippen molar-refractivity contribution < 1.29 is 9.31 Å². The molecule has 0 saturated carbocycles. The van der Waals surface area contributed by atoms with Crippen LogP contribution >= 0.6 is 0 Å². The third-order valence-electron chi connectivity index (χ3n) is 4.63. The minimum Gasteiger partial charge on any atom is -0.399 e. The maximum atomic E-state index is 6.19. The quantitative estimate of drug-likeness (QED) is 0.753. The van der Waals surface area contributed by atoms with Crippen molar-refractivity contribution in [1.29, 1.82) is 0 Å². The summed E-state index contributed by atoms with van der Waals surface area (Å²) in [7, 11) is -0.345. The zero-order valence-corrected chi connectivity index (χ0v) is 13.7. The maximum absolute atomic E-state index is 6.19. The fraction of sp³-hybridized carbons (Fsp3) is 0.471. The summed E-state index contributed by atoms with van der Waals surface area (Å²) in [4.78, 5) is 4.63. The van der Waals surface area contributed by atoms with Gasteiger partial charge in [0.05, 0.1) is 16.7 Å². The van der Waals surface area contributed by atoms with Gasteiger partial charge in [-0.3, -0.25) is 4.98 Å². The van der Waals surface area contributed by atoms with Crippen molar-refractivity contribution in [2.45, 2.75) is 52.7 Å². The van der Waals surface area contributed by atoms with Gasteiger partial charge in [-0.15, -0.1) is 0 Å². The van der Waals surface area contributed by atoms with E-state index in [1.54, 1.807) is 0 Å². The molecule has 0 radical (unpaired) electrons. The van der Waals surface area contributed by atoms with Gasteiger partial charge in [0.2, 0.25) is 0 Å². The zero-order chi connectivity index (χ0) is 15.4. The normalized spacial score (nSPS) is 20.2. The molecule has 1 fully saturated rings. The number of aryl methyl sites for hydroxylation is 2. The van der Waals surface area contributed by atoms with E-state index in [4.69, 9.17) is 9.31 Å². The van der Waals surface area contributed by atoms with Crippen molar-refractivity contribution in [3.8, 4) is 0 Å². The molecule has 1 aromatic carbocycles. The summed E-state index contributed by atoms with van der Waals surface area (Å²) in [5, 5.41) is 1.10. The Balaban J connectivity index is 2.14. The van der Waals surface area contributed by atoms with Crippen LogP contribution in [0.25, 0.3) is 10.9 Å². The summed E-state index contributed by atoms with van der Waals surface area (Å²) in [6, 6.07) is 8.39. The summed E-state index contributed by atoms with van der Waals surface area (Å²) in [5.41, 5.74) is 3.60. The molecule has 0 N–H and O–H groups in total. The van der Waals surface area contributed by atoms with Crippen molar-refractivity contribution in [2.75, 3.05) is 0 Å². The highest BCUT2D eigenvalue weighted by Crippen LogP contribution is 2.37. The first-order valence-corrected chi connectivity index (χ1v) is 7.43. The van der Waals surface area contributed by atoms with Gasteiger partial charge in [-0.1, -0.05) is 12.1 Å². The first-order chi connectivity index (χ1) is 9.69. The Hall–Kier alpha value is -1.39. The molecule has 2 heterocycles. The molecule has 0 unspecified atom stereocenters. The lowest BCUT2D eigenvalue weighted by Crippen LogP contribution is -2.41. The van der Waals surface area contributed by atoms with Crippen LogP contribution in [0.4, 0.5) is 0 Å². The molecule has 21 heavy (non-hydrogen) atoms. The molecule has 0 bridgehead atoms. The van der Waals surface area contributed by atoms with Crippen LogP contribution in [-0.2, 0) is 9.31 Å². The van der Waals surface area contributed by atoms with Crippen LogP contribution in [0, 0.1) is 13.8 Å². The fourth-order valence-corrected chi connectivity index (χ4v) is 2.67. The molecule has 0 amide bonds. The number of hydrogen-bond donors (Lipinski definition) is 0. The molecule has 0 aliphatic carbocycles. The van der Waals surface area contributed by atoms with Crippen molar-refractivity contribution in [3.63, 3.8) is 0 Å². The van der Waals surface area contributed by atoms with E-state index in [1.807, 2.05) is 6.92 Å². The van der Waals surface area contributed by atoms with Crippen LogP contribution in [0.5, 0.6) is 0 Å². The van der Waals surface area contributed by atoms with E-state index in [2.05, 4.69) is 63.9 Å². The summed E-state index contributed by atoms with van der Waals surface area (Å²) in [6.45, 7) is 12.4. The predicted octanol–water partition coefficient (Wildman–Crippen LogP) is 3.15. The Bertz CT molecular complexity index is 688. The predicted molar refractivity (Wildman–Crippen MR) is 86.9 cm³/mol. The van der Waals surface area contributed by atoms with Gasteiger partial charge < -0.3 is 9.31 Å². The molecule has 1 aliphatic heterocycles. The summed E-state index contributed by atoms with van der Waals surface area (Å²) in [6.07, 6.45) is 0. The first-order valence-electron chi connectivity index (χ1n) is 7.43. The van der Waals surface area contributed by atoms with Gasteiger partial charge in [-0.25, -0.2) is 0 Å². The zero-order valence-electron chi connectivity index (χ0n) is 13.7. The van der Waals surface area contributed by atoms with E-state index in [-0.39, 0.29) is 18.3 Å². The highest BCUT2D eigenvalue weighted by atomic mass is 16.7. The Morgan fingerprint density at radius 3 is 2.19 bits per heavy atom. The first kappa shape index (κ1) is 14.5. The molecule has 0 atom stereocenters. The second-order valence-corrected chi connectivity index (χ2v) is 6.96. The molecule has 0 spiro atoms. The van der Waals surface area contributed by atoms with E-state index in [1.165, 1.54) is 5.56 Å². The molecular weight excluding hydrogens is 261 g/mol.